The van der Waals surface area contributed by atoms with Gasteiger partial charge in [-0.1, -0.05) is 24.1 Å². The highest BCUT2D eigenvalue weighted by Crippen LogP contribution is 2.30. The lowest BCUT2D eigenvalue weighted by molar-refractivity contribution is -0.131. The number of terminal acetylenes is 1. The Hall–Kier alpha value is -3.31. The summed E-state index contributed by atoms with van der Waals surface area (Å²) in [4.78, 5) is 24.5. The van der Waals surface area contributed by atoms with Gasteiger partial charge in [0.05, 0.1) is 19.0 Å². The number of nitrogens with zero attached hydrogens (tertiary/aromatic N) is 1. The quantitative estimate of drug-likeness (QED) is 0.275. The van der Waals surface area contributed by atoms with Crippen LogP contribution in [-0.2, 0) is 9.59 Å². The Morgan fingerprint density at radius 1 is 1.24 bits per heavy atom. The van der Waals surface area contributed by atoms with E-state index in [2.05, 4.69) is 37.7 Å². The van der Waals surface area contributed by atoms with Crippen molar-refractivity contribution in [2.75, 3.05) is 19.0 Å². The van der Waals surface area contributed by atoms with E-state index in [-0.39, 0.29) is 6.61 Å². The molecule has 2 amide bonds. The maximum absolute atomic E-state index is 12.3. The largest absolute Gasteiger partial charge is 0.493 e. The van der Waals surface area contributed by atoms with Gasteiger partial charge in [0.15, 0.2) is 11.5 Å². The predicted octanol–water partition coefficient (Wildman–Crippen LogP) is 3.19. The number of para-hydroxylation sites is 2. The van der Waals surface area contributed by atoms with Gasteiger partial charge in [0.2, 0.25) is 5.91 Å². The summed E-state index contributed by atoms with van der Waals surface area (Å²) in [6.45, 7) is 1.55. The number of carbonyl (C=O) groups excluding carboxylic acids is 2. The van der Waals surface area contributed by atoms with Gasteiger partial charge in [0.1, 0.15) is 12.5 Å². The van der Waals surface area contributed by atoms with E-state index in [9.17, 15) is 9.59 Å². The molecule has 150 valence electrons. The lowest BCUT2D eigenvalue weighted by Gasteiger charge is -2.12. The molecule has 1 unspecified atom stereocenters. The molecule has 0 aromatic heterocycles. The minimum absolute atomic E-state index is 0.0554. The third-order valence-electron chi connectivity index (χ3n) is 3.83. The molecule has 2 N–H and O–H groups in total. The van der Waals surface area contributed by atoms with Crippen molar-refractivity contribution in [3.8, 4) is 23.8 Å². The number of hydrogen-bond acceptors (Lipinski definition) is 5. The summed E-state index contributed by atoms with van der Waals surface area (Å²) >= 11 is 3.34. The van der Waals surface area contributed by atoms with Crippen LogP contribution in [-0.4, -0.2) is 31.7 Å². The van der Waals surface area contributed by atoms with Crippen molar-refractivity contribution in [3.63, 3.8) is 0 Å². The van der Waals surface area contributed by atoms with Crippen molar-refractivity contribution >= 4 is 39.6 Å². The summed E-state index contributed by atoms with van der Waals surface area (Å²) in [6.07, 6.45) is 6.63. The Balaban J connectivity index is 2.03. The summed E-state index contributed by atoms with van der Waals surface area (Å²) in [6, 6.07) is 12.3. The fraction of sp³-hybridized carbons (Fsp3) is 0.190. The van der Waals surface area contributed by atoms with Gasteiger partial charge < -0.3 is 14.8 Å². The second-order valence-corrected chi connectivity index (χ2v) is 6.65. The summed E-state index contributed by atoms with van der Waals surface area (Å²) in [7, 11) is 1.51. The summed E-state index contributed by atoms with van der Waals surface area (Å²) in [5.41, 5.74) is 3.49. The van der Waals surface area contributed by atoms with Gasteiger partial charge in [-0.15, -0.1) is 6.42 Å². The van der Waals surface area contributed by atoms with Crippen LogP contribution in [0.1, 0.15) is 12.5 Å². The van der Waals surface area contributed by atoms with Gasteiger partial charge >= 0.3 is 0 Å². The van der Waals surface area contributed by atoms with Gasteiger partial charge in [-0.05, 0) is 47.1 Å². The Morgan fingerprint density at radius 3 is 2.69 bits per heavy atom. The van der Waals surface area contributed by atoms with E-state index in [0.29, 0.717) is 22.7 Å². The Bertz CT molecular complexity index is 953. The second kappa shape index (κ2) is 10.9. The van der Waals surface area contributed by atoms with Crippen molar-refractivity contribution in [2.24, 2.45) is 11.0 Å². The first kappa shape index (κ1) is 22.0. The molecule has 2 rings (SSSR count). The lowest BCUT2D eigenvalue weighted by atomic mass is 10.1. The first-order valence-electron chi connectivity index (χ1n) is 8.59. The minimum Gasteiger partial charge on any atom is -0.493 e. The summed E-state index contributed by atoms with van der Waals surface area (Å²) in [5, 5.41) is 6.61. The molecule has 0 spiro atoms. The SMILES string of the molecule is C#CCOc1c(C=NNC(=O)C(C)C(=O)Nc2ccccc2Br)cccc1OC. The lowest BCUT2D eigenvalue weighted by Crippen LogP contribution is -2.34. The molecule has 0 aliphatic heterocycles. The first-order chi connectivity index (χ1) is 14.0. The third-order valence-corrected chi connectivity index (χ3v) is 4.52. The Kier molecular flexibility index (Phi) is 8.25. The molecule has 0 bridgehead atoms. The molecule has 0 aliphatic rings. The Labute approximate surface area is 177 Å². The number of benzene rings is 2. The number of nitrogens with one attached hydrogen (secondary N) is 2. The maximum Gasteiger partial charge on any atom is 0.252 e. The Morgan fingerprint density at radius 2 is 2.00 bits per heavy atom. The zero-order valence-corrected chi connectivity index (χ0v) is 17.5. The van der Waals surface area contributed by atoms with Crippen LogP contribution in [0.15, 0.2) is 52.0 Å². The van der Waals surface area contributed by atoms with Crippen molar-refractivity contribution in [1.29, 1.82) is 0 Å². The van der Waals surface area contributed by atoms with E-state index in [1.807, 2.05) is 6.07 Å². The molecule has 2 aromatic rings. The molecule has 0 aliphatic carbocycles. The zero-order valence-electron chi connectivity index (χ0n) is 15.9. The highest BCUT2D eigenvalue weighted by molar-refractivity contribution is 9.10. The van der Waals surface area contributed by atoms with Crippen LogP contribution in [0.4, 0.5) is 5.69 Å². The van der Waals surface area contributed by atoms with E-state index in [1.54, 1.807) is 36.4 Å². The van der Waals surface area contributed by atoms with Crippen molar-refractivity contribution < 1.29 is 19.1 Å². The number of anilines is 1. The molecule has 8 heteroatoms. The van der Waals surface area contributed by atoms with Crippen molar-refractivity contribution in [2.45, 2.75) is 6.92 Å². The molecule has 2 aromatic carbocycles. The van der Waals surface area contributed by atoms with E-state index in [1.165, 1.54) is 20.2 Å². The maximum atomic E-state index is 12.3. The highest BCUT2D eigenvalue weighted by atomic mass is 79.9. The zero-order chi connectivity index (χ0) is 21.2. The number of ether oxygens (including phenoxy) is 2. The van der Waals surface area contributed by atoms with Crippen LogP contribution in [0.2, 0.25) is 0 Å². The second-order valence-electron chi connectivity index (χ2n) is 5.80. The van der Waals surface area contributed by atoms with Crippen molar-refractivity contribution in [3.05, 3.63) is 52.5 Å². The van der Waals surface area contributed by atoms with Gasteiger partial charge in [-0.3, -0.25) is 9.59 Å². The molecular formula is C21H20BrN3O4. The molecule has 1 atom stereocenters. The van der Waals surface area contributed by atoms with Gasteiger partial charge in [0.25, 0.3) is 5.91 Å². The molecule has 7 nitrogen and oxygen atoms in total. The van der Waals surface area contributed by atoms with Crippen LogP contribution in [0.5, 0.6) is 11.5 Å². The van der Waals surface area contributed by atoms with Crippen LogP contribution >= 0.6 is 15.9 Å². The fourth-order valence-electron chi connectivity index (χ4n) is 2.25. The van der Waals surface area contributed by atoms with E-state index in [0.717, 1.165) is 4.47 Å². The standard InChI is InChI=1S/C21H20BrN3O4/c1-4-12-29-19-15(8-7-11-18(19)28-3)13-23-25-21(27)14(2)20(26)24-17-10-6-5-9-16(17)22/h1,5-11,13-14H,12H2,2-3H3,(H,24,26)(H,25,27). The molecule has 0 fully saturated rings. The molecular weight excluding hydrogens is 438 g/mol. The third kappa shape index (κ3) is 6.09. The van der Waals surface area contributed by atoms with Gasteiger partial charge in [-0.25, -0.2) is 5.43 Å². The van der Waals surface area contributed by atoms with Crippen LogP contribution < -0.4 is 20.2 Å². The number of carbonyl (C=O) groups is 2. The summed E-state index contributed by atoms with van der Waals surface area (Å²) < 4.78 is 11.5. The number of halogens is 1. The molecule has 0 saturated heterocycles. The first-order valence-corrected chi connectivity index (χ1v) is 9.38. The number of amides is 2. The topological polar surface area (TPSA) is 89.0 Å². The monoisotopic (exact) mass is 457 g/mol. The normalized spacial score (nSPS) is 11.4. The number of methoxy groups -OCH3 is 1. The van der Waals surface area contributed by atoms with Crippen LogP contribution in [0.3, 0.4) is 0 Å². The van der Waals surface area contributed by atoms with Gasteiger partial charge in [-0.2, -0.15) is 5.10 Å². The average Bonchev–Trinajstić information content (AvgIpc) is 2.73. The minimum atomic E-state index is -0.957. The highest BCUT2D eigenvalue weighted by Gasteiger charge is 2.21. The fourth-order valence-corrected chi connectivity index (χ4v) is 2.63. The predicted molar refractivity (Wildman–Crippen MR) is 115 cm³/mol. The summed E-state index contributed by atoms with van der Waals surface area (Å²) in [5.74, 6) is 1.30. The van der Waals surface area contributed by atoms with Crippen LogP contribution in [0.25, 0.3) is 0 Å². The average molecular weight is 458 g/mol. The van der Waals surface area contributed by atoms with E-state index >= 15 is 0 Å². The number of rotatable bonds is 8. The smallest absolute Gasteiger partial charge is 0.252 e. The van der Waals surface area contributed by atoms with Crippen LogP contribution in [0, 0.1) is 18.3 Å². The molecule has 29 heavy (non-hydrogen) atoms. The van der Waals surface area contributed by atoms with Crippen molar-refractivity contribution in [1.82, 2.24) is 5.43 Å². The number of hydrazone groups is 1. The molecule has 0 heterocycles. The number of hydrogen-bond donors (Lipinski definition) is 2. The van der Waals surface area contributed by atoms with E-state index in [4.69, 9.17) is 15.9 Å². The molecule has 0 radical (unpaired) electrons. The molecule has 0 saturated carbocycles. The van der Waals surface area contributed by atoms with Gasteiger partial charge in [0, 0.05) is 10.0 Å². The van der Waals surface area contributed by atoms with E-state index < -0.39 is 17.7 Å².